The van der Waals surface area contributed by atoms with Gasteiger partial charge in [-0.25, -0.2) is 0 Å². The van der Waals surface area contributed by atoms with Crippen LogP contribution in [0.2, 0.25) is 0 Å². The van der Waals surface area contributed by atoms with Crippen LogP contribution in [-0.4, -0.2) is 35.4 Å². The normalized spacial score (nSPS) is 19.7. The van der Waals surface area contributed by atoms with Gasteiger partial charge in [0.2, 0.25) is 11.2 Å². The third-order valence-electron chi connectivity index (χ3n) is 4.26. The van der Waals surface area contributed by atoms with Gasteiger partial charge in [-0.05, 0) is 24.3 Å². The number of aromatic nitrogens is 2. The Bertz CT molecular complexity index is 1020. The molecule has 2 aliphatic heterocycles. The summed E-state index contributed by atoms with van der Waals surface area (Å²) >= 11 is 1.24. The first kappa shape index (κ1) is 16.8. The molecule has 0 bridgehead atoms. The van der Waals surface area contributed by atoms with Gasteiger partial charge in [0.1, 0.15) is 13.2 Å². The SMILES string of the molecule is O=C(Nc1nnc(C2COc3ccccc3O2)s1)C1COc2ccccc2O1. The van der Waals surface area contributed by atoms with Gasteiger partial charge in [-0.15, -0.1) is 10.2 Å². The van der Waals surface area contributed by atoms with Crippen LogP contribution in [0.25, 0.3) is 0 Å². The summed E-state index contributed by atoms with van der Waals surface area (Å²) in [6.07, 6.45) is -1.14. The molecule has 0 saturated heterocycles. The highest BCUT2D eigenvalue weighted by Crippen LogP contribution is 2.37. The summed E-state index contributed by atoms with van der Waals surface area (Å²) in [5, 5.41) is 11.9. The average molecular weight is 397 g/mol. The molecule has 2 aromatic carbocycles. The molecule has 9 heteroatoms. The number of hydrogen-bond acceptors (Lipinski definition) is 8. The minimum atomic E-state index is -0.761. The van der Waals surface area contributed by atoms with Gasteiger partial charge in [0, 0.05) is 0 Å². The summed E-state index contributed by atoms with van der Waals surface area (Å²) in [6.45, 7) is 0.459. The highest BCUT2D eigenvalue weighted by molar-refractivity contribution is 7.15. The van der Waals surface area contributed by atoms with Gasteiger partial charge in [-0.1, -0.05) is 35.6 Å². The van der Waals surface area contributed by atoms with Gasteiger partial charge in [0.05, 0.1) is 0 Å². The minimum absolute atomic E-state index is 0.130. The molecule has 3 heterocycles. The maximum absolute atomic E-state index is 12.5. The molecule has 3 aromatic rings. The van der Waals surface area contributed by atoms with E-state index in [2.05, 4.69) is 15.5 Å². The quantitative estimate of drug-likeness (QED) is 0.727. The average Bonchev–Trinajstić information content (AvgIpc) is 3.21. The number of hydrogen-bond donors (Lipinski definition) is 1. The standard InChI is InChI=1S/C19H15N3O5S/c23-17(15-9-24-11-5-1-3-7-13(11)26-15)20-19-22-21-18(28-19)16-10-25-12-6-2-4-8-14(12)27-16/h1-8,15-16H,9-10H2,(H,20,22,23). The third-order valence-corrected chi connectivity index (χ3v) is 5.19. The Morgan fingerprint density at radius 2 is 1.54 bits per heavy atom. The molecule has 0 saturated carbocycles. The van der Waals surface area contributed by atoms with Gasteiger partial charge >= 0.3 is 0 Å². The van der Waals surface area contributed by atoms with Crippen molar-refractivity contribution in [1.82, 2.24) is 10.2 Å². The molecule has 1 N–H and O–H groups in total. The second-order valence-corrected chi connectivity index (χ2v) is 7.17. The Kier molecular flexibility index (Phi) is 4.21. The molecule has 1 aromatic heterocycles. The molecule has 2 unspecified atom stereocenters. The zero-order valence-corrected chi connectivity index (χ0v) is 15.3. The first-order chi connectivity index (χ1) is 13.8. The number of ether oxygens (including phenoxy) is 4. The lowest BCUT2D eigenvalue weighted by Gasteiger charge is -2.25. The van der Waals surface area contributed by atoms with Crippen molar-refractivity contribution in [3.8, 4) is 23.0 Å². The minimum Gasteiger partial charge on any atom is -0.485 e. The maximum atomic E-state index is 12.5. The highest BCUT2D eigenvalue weighted by Gasteiger charge is 2.29. The van der Waals surface area contributed by atoms with E-state index in [1.165, 1.54) is 11.3 Å². The molecule has 2 atom stereocenters. The van der Waals surface area contributed by atoms with Crippen LogP contribution in [0.5, 0.6) is 23.0 Å². The molecule has 0 spiro atoms. The largest absolute Gasteiger partial charge is 0.485 e. The van der Waals surface area contributed by atoms with E-state index in [0.29, 0.717) is 39.7 Å². The number of carbonyl (C=O) groups excluding carboxylic acids is 1. The van der Waals surface area contributed by atoms with Crippen molar-refractivity contribution in [2.24, 2.45) is 0 Å². The van der Waals surface area contributed by atoms with E-state index in [9.17, 15) is 4.79 Å². The number of anilines is 1. The lowest BCUT2D eigenvalue weighted by atomic mass is 10.2. The molecule has 142 valence electrons. The summed E-state index contributed by atoms with van der Waals surface area (Å²) in [7, 11) is 0. The Hall–Kier alpha value is -3.33. The van der Waals surface area contributed by atoms with Crippen molar-refractivity contribution >= 4 is 22.4 Å². The fourth-order valence-electron chi connectivity index (χ4n) is 2.89. The Morgan fingerprint density at radius 1 is 0.893 bits per heavy atom. The zero-order chi connectivity index (χ0) is 18.9. The van der Waals surface area contributed by atoms with Gasteiger partial charge in [-0.3, -0.25) is 10.1 Å². The number of carbonyl (C=O) groups is 1. The molecule has 0 fully saturated rings. The summed E-state index contributed by atoms with van der Waals surface area (Å²) in [6, 6.07) is 14.7. The number of benzene rings is 2. The van der Waals surface area contributed by atoms with Gasteiger partial charge in [-0.2, -0.15) is 0 Å². The van der Waals surface area contributed by atoms with Crippen LogP contribution in [0.1, 0.15) is 11.1 Å². The van der Waals surface area contributed by atoms with Crippen LogP contribution in [0.15, 0.2) is 48.5 Å². The second-order valence-electron chi connectivity index (χ2n) is 6.16. The molecular formula is C19H15N3O5S. The van der Waals surface area contributed by atoms with Crippen LogP contribution in [-0.2, 0) is 4.79 Å². The first-order valence-corrected chi connectivity index (χ1v) is 9.49. The van der Waals surface area contributed by atoms with Crippen LogP contribution in [0, 0.1) is 0 Å². The molecule has 0 radical (unpaired) electrons. The van der Waals surface area contributed by atoms with Crippen LogP contribution in [0.3, 0.4) is 0 Å². The molecule has 28 heavy (non-hydrogen) atoms. The van der Waals surface area contributed by atoms with Crippen molar-refractivity contribution in [3.63, 3.8) is 0 Å². The van der Waals surface area contributed by atoms with Gasteiger partial charge in [0.15, 0.2) is 34.1 Å². The number of nitrogens with zero attached hydrogens (tertiary/aromatic N) is 2. The van der Waals surface area contributed by atoms with Crippen LogP contribution in [0.4, 0.5) is 5.13 Å². The van der Waals surface area contributed by atoms with Crippen molar-refractivity contribution in [1.29, 1.82) is 0 Å². The van der Waals surface area contributed by atoms with Gasteiger partial charge < -0.3 is 18.9 Å². The smallest absolute Gasteiger partial charge is 0.270 e. The monoisotopic (exact) mass is 397 g/mol. The van der Waals surface area contributed by atoms with E-state index >= 15 is 0 Å². The predicted molar refractivity (Wildman–Crippen MR) is 100 cm³/mol. The lowest BCUT2D eigenvalue weighted by molar-refractivity contribution is -0.125. The Balaban J connectivity index is 1.24. The van der Waals surface area contributed by atoms with E-state index in [0.717, 1.165) is 0 Å². The van der Waals surface area contributed by atoms with Crippen molar-refractivity contribution in [2.75, 3.05) is 18.5 Å². The predicted octanol–water partition coefficient (Wildman–Crippen LogP) is 2.83. The summed E-state index contributed by atoms with van der Waals surface area (Å²) in [5.74, 6) is 2.18. The fraction of sp³-hybridized carbons (Fsp3) is 0.211. The summed E-state index contributed by atoms with van der Waals surface area (Å²) < 4.78 is 22.9. The van der Waals surface area contributed by atoms with E-state index in [1.54, 1.807) is 12.1 Å². The molecule has 0 aliphatic carbocycles. The van der Waals surface area contributed by atoms with Gasteiger partial charge in [0.25, 0.3) is 5.91 Å². The van der Waals surface area contributed by atoms with E-state index < -0.39 is 6.10 Å². The van der Waals surface area contributed by atoms with Crippen molar-refractivity contribution < 1.29 is 23.7 Å². The molecule has 1 amide bonds. The topological polar surface area (TPSA) is 91.8 Å². The molecular weight excluding hydrogens is 382 g/mol. The maximum Gasteiger partial charge on any atom is 0.270 e. The van der Waals surface area contributed by atoms with E-state index in [1.807, 2.05) is 36.4 Å². The summed E-state index contributed by atoms with van der Waals surface area (Å²) in [4.78, 5) is 12.5. The van der Waals surface area contributed by atoms with Crippen molar-refractivity contribution in [2.45, 2.75) is 12.2 Å². The third kappa shape index (κ3) is 3.20. The lowest BCUT2D eigenvalue weighted by Crippen LogP contribution is -2.40. The van der Waals surface area contributed by atoms with Crippen LogP contribution >= 0.6 is 11.3 Å². The number of rotatable bonds is 3. The number of amides is 1. The number of para-hydroxylation sites is 4. The number of fused-ring (bicyclic) bond motifs is 2. The highest BCUT2D eigenvalue weighted by atomic mass is 32.1. The molecule has 8 nitrogen and oxygen atoms in total. The Morgan fingerprint density at radius 3 is 2.29 bits per heavy atom. The molecule has 5 rings (SSSR count). The van der Waals surface area contributed by atoms with E-state index in [-0.39, 0.29) is 18.6 Å². The zero-order valence-electron chi connectivity index (χ0n) is 14.5. The van der Waals surface area contributed by atoms with Crippen LogP contribution < -0.4 is 24.3 Å². The Labute approximate surface area is 164 Å². The summed E-state index contributed by atoms with van der Waals surface area (Å²) in [5.41, 5.74) is 0. The van der Waals surface area contributed by atoms with E-state index in [4.69, 9.17) is 18.9 Å². The second kappa shape index (κ2) is 7.01. The first-order valence-electron chi connectivity index (χ1n) is 8.67. The number of nitrogens with one attached hydrogen (secondary N) is 1. The molecule has 2 aliphatic rings. The van der Waals surface area contributed by atoms with Crippen molar-refractivity contribution in [3.05, 3.63) is 53.5 Å². The fourth-order valence-corrected chi connectivity index (χ4v) is 3.65.